The van der Waals surface area contributed by atoms with Crippen LogP contribution in [0.2, 0.25) is 0 Å². The van der Waals surface area contributed by atoms with Crippen LogP contribution in [0.5, 0.6) is 0 Å². The lowest BCUT2D eigenvalue weighted by molar-refractivity contribution is -0.131. The van der Waals surface area contributed by atoms with Gasteiger partial charge in [-0.05, 0) is 7.05 Å². The Morgan fingerprint density at radius 2 is 1.87 bits per heavy atom. The normalized spacial score (nSPS) is 10.1. The van der Waals surface area contributed by atoms with Crippen molar-refractivity contribution in [3.05, 3.63) is 25.3 Å². The maximum Gasteiger partial charge on any atom is 0.237 e. The summed E-state index contributed by atoms with van der Waals surface area (Å²) in [6.45, 7) is 10.0. The van der Waals surface area contributed by atoms with Crippen LogP contribution < -0.4 is 5.73 Å². The largest absolute Gasteiger partial charge is 0.334 e. The number of nitrogens with zero attached hydrogens (tertiary/aromatic N) is 2. The Kier molecular flexibility index (Phi) is 7.58. The molecular weight excluding hydrogens is 190 g/mol. The van der Waals surface area contributed by atoms with Gasteiger partial charge in [0.1, 0.15) is 0 Å². The molecule has 0 fully saturated rings. The van der Waals surface area contributed by atoms with Crippen molar-refractivity contribution in [1.82, 2.24) is 9.80 Å². The molecule has 1 amide bonds. The number of nitrogens with two attached hydrogens (primary N) is 1. The highest BCUT2D eigenvalue weighted by Gasteiger charge is 2.12. The van der Waals surface area contributed by atoms with E-state index in [-0.39, 0.29) is 5.91 Å². The molecule has 0 saturated carbocycles. The van der Waals surface area contributed by atoms with E-state index in [1.54, 1.807) is 17.1 Å². The molecule has 0 aliphatic heterocycles. The first-order valence-corrected chi connectivity index (χ1v) is 5.03. The molecule has 4 nitrogen and oxygen atoms in total. The summed E-state index contributed by atoms with van der Waals surface area (Å²) in [4.78, 5) is 15.4. The Hall–Kier alpha value is -1.13. The summed E-state index contributed by atoms with van der Waals surface area (Å²) in [5.74, 6) is 0.0748. The molecule has 0 heterocycles. The smallest absolute Gasteiger partial charge is 0.237 e. The van der Waals surface area contributed by atoms with E-state index in [0.29, 0.717) is 26.2 Å². The van der Waals surface area contributed by atoms with E-state index >= 15 is 0 Å². The van der Waals surface area contributed by atoms with Crippen molar-refractivity contribution in [3.63, 3.8) is 0 Å². The highest BCUT2D eigenvalue weighted by Crippen LogP contribution is 1.93. The summed E-state index contributed by atoms with van der Waals surface area (Å²) in [7, 11) is 1.88. The monoisotopic (exact) mass is 211 g/mol. The minimum absolute atomic E-state index is 0.0748. The van der Waals surface area contributed by atoms with Crippen LogP contribution in [-0.4, -0.2) is 55.5 Å². The van der Waals surface area contributed by atoms with Crippen molar-refractivity contribution in [1.29, 1.82) is 0 Å². The lowest BCUT2D eigenvalue weighted by atomic mass is 10.4. The quantitative estimate of drug-likeness (QED) is 0.578. The Labute approximate surface area is 92.0 Å². The second-order valence-corrected chi connectivity index (χ2v) is 3.40. The van der Waals surface area contributed by atoms with E-state index in [1.807, 2.05) is 11.9 Å². The van der Waals surface area contributed by atoms with Gasteiger partial charge in [0.15, 0.2) is 0 Å². The van der Waals surface area contributed by atoms with E-state index in [2.05, 4.69) is 13.2 Å². The van der Waals surface area contributed by atoms with Crippen LogP contribution in [0.1, 0.15) is 0 Å². The third kappa shape index (κ3) is 6.04. The van der Waals surface area contributed by atoms with Gasteiger partial charge in [0.25, 0.3) is 0 Å². The second kappa shape index (κ2) is 8.20. The number of carbonyl (C=O) groups excluding carboxylic acids is 1. The molecular formula is C11H21N3O. The van der Waals surface area contributed by atoms with Crippen molar-refractivity contribution >= 4 is 5.91 Å². The van der Waals surface area contributed by atoms with Crippen LogP contribution in [0, 0.1) is 0 Å². The van der Waals surface area contributed by atoms with Crippen LogP contribution in [0.15, 0.2) is 25.3 Å². The zero-order chi connectivity index (χ0) is 11.7. The maximum atomic E-state index is 11.8. The minimum atomic E-state index is 0.0748. The SMILES string of the molecule is C=CCN(CC=C)C(=O)CN(C)CCN. The molecule has 0 saturated heterocycles. The molecule has 0 radical (unpaired) electrons. The molecule has 0 atom stereocenters. The Morgan fingerprint density at radius 3 is 2.27 bits per heavy atom. The summed E-state index contributed by atoms with van der Waals surface area (Å²) in [6, 6.07) is 0. The first-order chi connectivity index (χ1) is 7.15. The molecule has 0 aromatic carbocycles. The predicted octanol–water partition coefficient (Wildman–Crippen LogP) is 0.0775. The van der Waals surface area contributed by atoms with Gasteiger partial charge >= 0.3 is 0 Å². The Morgan fingerprint density at radius 1 is 1.33 bits per heavy atom. The van der Waals surface area contributed by atoms with Gasteiger partial charge in [0.05, 0.1) is 6.54 Å². The zero-order valence-corrected chi connectivity index (χ0v) is 9.48. The molecule has 0 unspecified atom stereocenters. The lowest BCUT2D eigenvalue weighted by Crippen LogP contribution is -2.40. The van der Waals surface area contributed by atoms with Gasteiger partial charge in [-0.1, -0.05) is 12.2 Å². The van der Waals surface area contributed by atoms with Crippen LogP contribution in [0.4, 0.5) is 0 Å². The minimum Gasteiger partial charge on any atom is -0.334 e. The molecule has 15 heavy (non-hydrogen) atoms. The highest BCUT2D eigenvalue weighted by atomic mass is 16.2. The summed E-state index contributed by atoms with van der Waals surface area (Å²) in [6.07, 6.45) is 3.43. The van der Waals surface area contributed by atoms with Gasteiger partial charge < -0.3 is 10.6 Å². The third-order valence-corrected chi connectivity index (χ3v) is 1.97. The number of likely N-dealkylation sites (N-methyl/N-ethyl adjacent to an activating group) is 1. The number of rotatable bonds is 8. The van der Waals surface area contributed by atoms with Gasteiger partial charge in [0, 0.05) is 26.2 Å². The van der Waals surface area contributed by atoms with Crippen molar-refractivity contribution < 1.29 is 4.79 Å². The van der Waals surface area contributed by atoms with Crippen LogP contribution >= 0.6 is 0 Å². The van der Waals surface area contributed by atoms with E-state index in [4.69, 9.17) is 5.73 Å². The average Bonchev–Trinajstić information content (AvgIpc) is 2.17. The first kappa shape index (κ1) is 13.9. The summed E-state index contributed by atoms with van der Waals surface area (Å²) in [5, 5.41) is 0. The van der Waals surface area contributed by atoms with Crippen molar-refractivity contribution in [2.75, 3.05) is 39.8 Å². The molecule has 0 aromatic heterocycles. The molecule has 4 heteroatoms. The Bertz CT molecular complexity index is 206. The maximum absolute atomic E-state index is 11.8. The topological polar surface area (TPSA) is 49.6 Å². The standard InChI is InChI=1S/C11H21N3O/c1-4-7-14(8-5-2)11(15)10-13(3)9-6-12/h4-5H,1-2,6-10,12H2,3H3. The Balaban J connectivity index is 4.11. The summed E-state index contributed by atoms with van der Waals surface area (Å²) >= 11 is 0. The van der Waals surface area contributed by atoms with Crippen molar-refractivity contribution in [2.45, 2.75) is 0 Å². The molecule has 2 N–H and O–H groups in total. The number of hydrogen-bond donors (Lipinski definition) is 1. The fourth-order valence-corrected chi connectivity index (χ4v) is 1.22. The molecule has 0 bridgehead atoms. The average molecular weight is 211 g/mol. The van der Waals surface area contributed by atoms with Gasteiger partial charge in [-0.3, -0.25) is 9.69 Å². The molecule has 0 aromatic rings. The number of hydrogen-bond acceptors (Lipinski definition) is 3. The van der Waals surface area contributed by atoms with Crippen molar-refractivity contribution in [3.8, 4) is 0 Å². The van der Waals surface area contributed by atoms with Crippen molar-refractivity contribution in [2.24, 2.45) is 5.73 Å². The second-order valence-electron chi connectivity index (χ2n) is 3.40. The van der Waals surface area contributed by atoms with E-state index in [9.17, 15) is 4.79 Å². The highest BCUT2D eigenvalue weighted by molar-refractivity contribution is 5.78. The van der Waals surface area contributed by atoms with Crippen LogP contribution in [-0.2, 0) is 4.79 Å². The molecule has 0 aliphatic carbocycles. The fraction of sp³-hybridized carbons (Fsp3) is 0.545. The van der Waals surface area contributed by atoms with E-state index in [0.717, 1.165) is 6.54 Å². The first-order valence-electron chi connectivity index (χ1n) is 5.03. The molecule has 0 spiro atoms. The van der Waals surface area contributed by atoms with E-state index in [1.165, 1.54) is 0 Å². The van der Waals surface area contributed by atoms with Gasteiger partial charge in [-0.2, -0.15) is 0 Å². The fourth-order valence-electron chi connectivity index (χ4n) is 1.22. The molecule has 0 rings (SSSR count). The lowest BCUT2D eigenvalue weighted by Gasteiger charge is -2.22. The molecule has 0 aliphatic rings. The van der Waals surface area contributed by atoms with Crippen LogP contribution in [0.25, 0.3) is 0 Å². The summed E-state index contributed by atoms with van der Waals surface area (Å²) in [5.41, 5.74) is 5.40. The van der Waals surface area contributed by atoms with Gasteiger partial charge in [-0.15, -0.1) is 13.2 Å². The number of carbonyl (C=O) groups is 1. The third-order valence-electron chi connectivity index (χ3n) is 1.97. The number of amides is 1. The summed E-state index contributed by atoms with van der Waals surface area (Å²) < 4.78 is 0. The predicted molar refractivity (Wildman–Crippen MR) is 63.5 cm³/mol. The molecule has 86 valence electrons. The van der Waals surface area contributed by atoms with Crippen LogP contribution in [0.3, 0.4) is 0 Å². The van der Waals surface area contributed by atoms with Gasteiger partial charge in [-0.25, -0.2) is 0 Å². The van der Waals surface area contributed by atoms with E-state index < -0.39 is 0 Å². The van der Waals surface area contributed by atoms with Gasteiger partial charge in [0.2, 0.25) is 5.91 Å². The zero-order valence-electron chi connectivity index (χ0n) is 9.48.